The van der Waals surface area contributed by atoms with Gasteiger partial charge >= 0.3 is 6.09 Å². The second-order valence-electron chi connectivity index (χ2n) is 8.96. The molecule has 1 heterocycles. The number of rotatable bonds is 6. The van der Waals surface area contributed by atoms with E-state index < -0.39 is 11.7 Å². The molecule has 0 aliphatic carbocycles. The van der Waals surface area contributed by atoms with Crippen molar-refractivity contribution >= 4 is 12.0 Å². The van der Waals surface area contributed by atoms with Crippen LogP contribution in [0, 0.1) is 0 Å². The van der Waals surface area contributed by atoms with E-state index in [1.807, 2.05) is 32.6 Å². The maximum absolute atomic E-state index is 12.8. The first-order valence-corrected chi connectivity index (χ1v) is 9.97. The van der Waals surface area contributed by atoms with E-state index in [2.05, 4.69) is 37.9 Å². The fourth-order valence-electron chi connectivity index (χ4n) is 3.80. The molecule has 0 aromatic carbocycles. The second-order valence-corrected chi connectivity index (χ2v) is 8.96. The molecule has 0 unspecified atom stereocenters. The van der Waals surface area contributed by atoms with Crippen molar-refractivity contribution in [1.29, 1.82) is 0 Å². The average Bonchev–Trinajstić information content (AvgIpc) is 2.44. The highest BCUT2D eigenvalue weighted by molar-refractivity contribution is 5.79. The molecule has 1 rings (SSSR count). The van der Waals surface area contributed by atoms with Crippen molar-refractivity contribution < 1.29 is 14.3 Å². The summed E-state index contributed by atoms with van der Waals surface area (Å²) in [5.74, 6) is 0.159. The van der Waals surface area contributed by atoms with Crippen LogP contribution < -0.4 is 5.32 Å². The van der Waals surface area contributed by atoms with Gasteiger partial charge in [0, 0.05) is 24.2 Å². The summed E-state index contributed by atoms with van der Waals surface area (Å²) in [6.45, 7) is 17.1. The Balaban J connectivity index is 2.74. The molecule has 0 aromatic heterocycles. The minimum absolute atomic E-state index is 0.0653. The summed E-state index contributed by atoms with van der Waals surface area (Å²) in [6, 6.07) is 0.456. The molecule has 0 radical (unpaired) electrons. The smallest absolute Gasteiger partial charge is 0.407 e. The normalized spacial score (nSPS) is 20.2. The van der Waals surface area contributed by atoms with Gasteiger partial charge < -0.3 is 15.0 Å². The molecule has 0 spiro atoms. The van der Waals surface area contributed by atoms with Gasteiger partial charge in [0.25, 0.3) is 0 Å². The molecule has 2 atom stereocenters. The van der Waals surface area contributed by atoms with Crippen LogP contribution in [-0.4, -0.2) is 64.7 Å². The lowest BCUT2D eigenvalue weighted by atomic mass is 9.96. The number of alkyl carbamates (subject to hydrolysis) is 1. The van der Waals surface area contributed by atoms with Gasteiger partial charge in [0.15, 0.2) is 0 Å². The Morgan fingerprint density at radius 2 is 1.69 bits per heavy atom. The van der Waals surface area contributed by atoms with Crippen LogP contribution >= 0.6 is 0 Å². The van der Waals surface area contributed by atoms with E-state index in [4.69, 9.17) is 4.74 Å². The van der Waals surface area contributed by atoms with Crippen LogP contribution in [0.25, 0.3) is 0 Å². The first-order chi connectivity index (χ1) is 11.9. The molecule has 1 N–H and O–H groups in total. The number of nitrogens with zero attached hydrogens (tertiary/aromatic N) is 2. The number of carbonyl (C=O) groups is 2. The summed E-state index contributed by atoms with van der Waals surface area (Å²) in [6.07, 6.45) is 2.79. The predicted molar refractivity (Wildman–Crippen MR) is 105 cm³/mol. The molecule has 1 fully saturated rings. The van der Waals surface area contributed by atoms with Gasteiger partial charge in [-0.3, -0.25) is 9.69 Å². The Morgan fingerprint density at radius 1 is 1.12 bits per heavy atom. The van der Waals surface area contributed by atoms with Crippen molar-refractivity contribution in [2.75, 3.05) is 13.1 Å². The summed E-state index contributed by atoms with van der Waals surface area (Å²) in [7, 11) is 0. The summed E-state index contributed by atoms with van der Waals surface area (Å²) < 4.78 is 5.37. The highest BCUT2D eigenvalue weighted by atomic mass is 16.6. The van der Waals surface area contributed by atoms with E-state index in [0.717, 1.165) is 25.8 Å². The zero-order valence-corrected chi connectivity index (χ0v) is 18.0. The monoisotopic (exact) mass is 369 g/mol. The minimum Gasteiger partial charge on any atom is -0.444 e. The largest absolute Gasteiger partial charge is 0.444 e. The molecule has 1 aliphatic rings. The third kappa shape index (κ3) is 7.14. The molecule has 0 aromatic rings. The Labute approximate surface area is 159 Å². The molecular formula is C20H39N3O3. The molecule has 0 saturated carbocycles. The molecule has 2 amide bonds. The van der Waals surface area contributed by atoms with Gasteiger partial charge in [0.05, 0.1) is 6.54 Å². The summed E-state index contributed by atoms with van der Waals surface area (Å²) in [5.41, 5.74) is -0.513. The topological polar surface area (TPSA) is 61.9 Å². The van der Waals surface area contributed by atoms with Gasteiger partial charge in [-0.2, -0.15) is 0 Å². The van der Waals surface area contributed by atoms with E-state index in [9.17, 15) is 9.59 Å². The number of likely N-dealkylation sites (tertiary alicyclic amines) is 1. The Bertz CT molecular complexity index is 463. The van der Waals surface area contributed by atoms with Gasteiger partial charge in [-0.15, -0.1) is 0 Å². The molecular weight excluding hydrogens is 330 g/mol. The SMILES string of the molecule is CC(C)N(C(=O)CN1CCCC[C@H]1[C@H](C)NC(=O)OC(C)(C)C)C(C)C. The zero-order chi connectivity index (χ0) is 20.1. The third-order valence-electron chi connectivity index (χ3n) is 4.72. The van der Waals surface area contributed by atoms with Gasteiger partial charge in [0.1, 0.15) is 5.60 Å². The van der Waals surface area contributed by atoms with Gasteiger partial charge in [0.2, 0.25) is 5.91 Å². The second kappa shape index (κ2) is 9.58. The summed E-state index contributed by atoms with van der Waals surface area (Å²) >= 11 is 0. The van der Waals surface area contributed by atoms with Crippen LogP contribution in [0.4, 0.5) is 4.79 Å². The van der Waals surface area contributed by atoms with E-state index in [1.165, 1.54) is 0 Å². The summed E-state index contributed by atoms with van der Waals surface area (Å²) in [4.78, 5) is 29.1. The molecule has 152 valence electrons. The fourth-order valence-corrected chi connectivity index (χ4v) is 3.80. The summed E-state index contributed by atoms with van der Waals surface area (Å²) in [5, 5.41) is 2.96. The lowest BCUT2D eigenvalue weighted by Crippen LogP contribution is -2.56. The van der Waals surface area contributed by atoms with E-state index in [1.54, 1.807) is 0 Å². The lowest BCUT2D eigenvalue weighted by molar-refractivity contribution is -0.137. The molecule has 1 aliphatic heterocycles. The van der Waals surface area contributed by atoms with Crippen molar-refractivity contribution in [3.05, 3.63) is 0 Å². The maximum Gasteiger partial charge on any atom is 0.407 e. The van der Waals surface area contributed by atoms with Crippen LogP contribution in [0.1, 0.15) is 74.7 Å². The van der Waals surface area contributed by atoms with Crippen LogP contribution in [-0.2, 0) is 9.53 Å². The number of amides is 2. The first-order valence-electron chi connectivity index (χ1n) is 9.97. The van der Waals surface area contributed by atoms with Crippen LogP contribution in [0.15, 0.2) is 0 Å². The number of piperidine rings is 1. The van der Waals surface area contributed by atoms with E-state index in [-0.39, 0.29) is 30.1 Å². The lowest BCUT2D eigenvalue weighted by Gasteiger charge is -2.41. The number of ether oxygens (including phenoxy) is 1. The average molecular weight is 370 g/mol. The van der Waals surface area contributed by atoms with Crippen molar-refractivity contribution in [2.45, 2.75) is 104 Å². The molecule has 0 bridgehead atoms. The number of hydrogen-bond donors (Lipinski definition) is 1. The van der Waals surface area contributed by atoms with Gasteiger partial charge in [-0.1, -0.05) is 6.42 Å². The minimum atomic E-state index is -0.513. The Kier molecular flexibility index (Phi) is 8.38. The Morgan fingerprint density at radius 3 is 2.19 bits per heavy atom. The highest BCUT2D eigenvalue weighted by Crippen LogP contribution is 2.21. The van der Waals surface area contributed by atoms with Crippen molar-refractivity contribution in [1.82, 2.24) is 15.1 Å². The standard InChI is InChI=1S/C20H39N3O3/c1-14(2)23(15(3)4)18(24)13-22-12-10-9-11-17(22)16(5)21-19(25)26-20(6,7)8/h14-17H,9-13H2,1-8H3,(H,21,25)/t16-,17-/m0/s1. The van der Waals surface area contributed by atoms with Crippen molar-refractivity contribution in [3.63, 3.8) is 0 Å². The molecule has 26 heavy (non-hydrogen) atoms. The molecule has 1 saturated heterocycles. The van der Waals surface area contributed by atoms with Crippen LogP contribution in [0.3, 0.4) is 0 Å². The van der Waals surface area contributed by atoms with Crippen LogP contribution in [0.2, 0.25) is 0 Å². The van der Waals surface area contributed by atoms with Crippen molar-refractivity contribution in [2.24, 2.45) is 0 Å². The number of carbonyl (C=O) groups excluding carboxylic acids is 2. The number of hydrogen-bond acceptors (Lipinski definition) is 4. The first kappa shape index (κ1) is 22.7. The van der Waals surface area contributed by atoms with E-state index in [0.29, 0.717) is 6.54 Å². The van der Waals surface area contributed by atoms with Gasteiger partial charge in [-0.05, 0) is 74.8 Å². The highest BCUT2D eigenvalue weighted by Gasteiger charge is 2.32. The zero-order valence-electron chi connectivity index (χ0n) is 18.0. The van der Waals surface area contributed by atoms with Crippen molar-refractivity contribution in [3.8, 4) is 0 Å². The fraction of sp³-hybridized carbons (Fsp3) is 0.900. The van der Waals surface area contributed by atoms with Gasteiger partial charge in [-0.25, -0.2) is 4.79 Å². The molecule has 6 heteroatoms. The predicted octanol–water partition coefficient (Wildman–Crippen LogP) is 3.40. The van der Waals surface area contributed by atoms with Crippen LogP contribution in [0.5, 0.6) is 0 Å². The quantitative estimate of drug-likeness (QED) is 0.779. The van der Waals surface area contributed by atoms with E-state index >= 15 is 0 Å². The number of nitrogens with one attached hydrogen (secondary N) is 1. The maximum atomic E-state index is 12.8. The molecule has 6 nitrogen and oxygen atoms in total. The third-order valence-corrected chi connectivity index (χ3v) is 4.72. The Hall–Kier alpha value is -1.30.